The van der Waals surface area contributed by atoms with Gasteiger partial charge in [-0.05, 0) is 43.0 Å². The number of carboxylic acid groups (broad SMARTS) is 1. The highest BCUT2D eigenvalue weighted by Crippen LogP contribution is 2.31. The van der Waals surface area contributed by atoms with Crippen molar-refractivity contribution in [2.45, 2.75) is 33.6 Å². The number of benzene rings is 1. The van der Waals surface area contributed by atoms with Crippen molar-refractivity contribution in [3.05, 3.63) is 40.7 Å². The predicted octanol–water partition coefficient (Wildman–Crippen LogP) is 3.22. The molecular formula is C16H20N2O2. The van der Waals surface area contributed by atoms with Gasteiger partial charge >= 0.3 is 5.97 Å². The van der Waals surface area contributed by atoms with Crippen molar-refractivity contribution in [2.75, 3.05) is 0 Å². The lowest BCUT2D eigenvalue weighted by molar-refractivity contribution is 0.0697. The van der Waals surface area contributed by atoms with E-state index in [0.717, 1.165) is 40.9 Å². The molecule has 106 valence electrons. The van der Waals surface area contributed by atoms with E-state index in [1.54, 1.807) is 12.1 Å². The second kappa shape index (κ2) is 5.49. The molecule has 1 aromatic carbocycles. The van der Waals surface area contributed by atoms with Crippen molar-refractivity contribution in [3.63, 3.8) is 0 Å². The van der Waals surface area contributed by atoms with E-state index in [9.17, 15) is 9.90 Å². The maximum absolute atomic E-state index is 11.2. The van der Waals surface area contributed by atoms with Crippen LogP contribution in [0.5, 0.6) is 0 Å². The van der Waals surface area contributed by atoms with Gasteiger partial charge in [-0.15, -0.1) is 0 Å². The van der Waals surface area contributed by atoms with Crippen molar-refractivity contribution in [1.82, 2.24) is 9.78 Å². The van der Waals surface area contributed by atoms with Crippen molar-refractivity contribution in [3.8, 4) is 11.1 Å². The lowest BCUT2D eigenvalue weighted by atomic mass is 9.94. The van der Waals surface area contributed by atoms with Crippen LogP contribution in [0.25, 0.3) is 11.1 Å². The van der Waals surface area contributed by atoms with Gasteiger partial charge < -0.3 is 5.11 Å². The van der Waals surface area contributed by atoms with Gasteiger partial charge in [-0.2, -0.15) is 5.10 Å². The van der Waals surface area contributed by atoms with Gasteiger partial charge in [-0.3, -0.25) is 4.68 Å². The molecule has 2 rings (SSSR count). The average Bonchev–Trinajstić information content (AvgIpc) is 2.74. The molecule has 0 aliphatic heterocycles. The van der Waals surface area contributed by atoms with Gasteiger partial charge in [0.15, 0.2) is 0 Å². The normalized spacial score (nSPS) is 10.8. The molecule has 1 aromatic heterocycles. The molecular weight excluding hydrogens is 252 g/mol. The minimum Gasteiger partial charge on any atom is -0.478 e. The first-order valence-electron chi connectivity index (χ1n) is 6.88. The molecule has 4 nitrogen and oxygen atoms in total. The molecule has 0 unspecified atom stereocenters. The number of carboxylic acids is 1. The maximum atomic E-state index is 11.2. The summed E-state index contributed by atoms with van der Waals surface area (Å²) in [6.07, 6.45) is 1.70. The molecule has 0 aliphatic rings. The van der Waals surface area contributed by atoms with E-state index in [2.05, 4.69) is 18.9 Å². The topological polar surface area (TPSA) is 55.1 Å². The molecule has 4 heteroatoms. The van der Waals surface area contributed by atoms with E-state index in [4.69, 9.17) is 0 Å². The van der Waals surface area contributed by atoms with E-state index in [1.165, 1.54) is 0 Å². The number of hydrogen-bond donors (Lipinski definition) is 1. The summed E-state index contributed by atoms with van der Waals surface area (Å²) < 4.78 is 1.90. The standard InChI is InChI=1S/C16H20N2O2/c1-5-13-15(14(6-2)18(4)17-13)12-9-11(16(19)20)8-7-10(12)3/h7-9H,5-6H2,1-4H3,(H,19,20). The Morgan fingerprint density at radius 2 is 2.00 bits per heavy atom. The fourth-order valence-corrected chi connectivity index (χ4v) is 2.61. The number of aromatic nitrogens is 2. The highest BCUT2D eigenvalue weighted by atomic mass is 16.4. The molecule has 0 fully saturated rings. The third-order valence-corrected chi connectivity index (χ3v) is 3.66. The lowest BCUT2D eigenvalue weighted by Crippen LogP contribution is -2.00. The Bertz CT molecular complexity index is 657. The molecule has 1 heterocycles. The molecule has 2 aromatic rings. The Labute approximate surface area is 119 Å². The van der Waals surface area contributed by atoms with Crippen LogP contribution >= 0.6 is 0 Å². The monoisotopic (exact) mass is 272 g/mol. The molecule has 0 spiro atoms. The molecule has 1 N–H and O–H groups in total. The van der Waals surface area contributed by atoms with E-state index in [-0.39, 0.29) is 0 Å². The molecule has 20 heavy (non-hydrogen) atoms. The minimum atomic E-state index is -0.897. The van der Waals surface area contributed by atoms with Gasteiger partial charge in [0.2, 0.25) is 0 Å². The van der Waals surface area contributed by atoms with Crippen LogP contribution in [-0.4, -0.2) is 20.9 Å². The number of hydrogen-bond acceptors (Lipinski definition) is 2. The molecule has 0 bridgehead atoms. The highest BCUT2D eigenvalue weighted by Gasteiger charge is 2.18. The molecule has 0 saturated heterocycles. The largest absolute Gasteiger partial charge is 0.478 e. The van der Waals surface area contributed by atoms with Crippen LogP contribution in [0.15, 0.2) is 18.2 Å². The van der Waals surface area contributed by atoms with E-state index in [0.29, 0.717) is 5.56 Å². The van der Waals surface area contributed by atoms with Gasteiger partial charge in [0.1, 0.15) is 0 Å². The number of aryl methyl sites for hydroxylation is 3. The minimum absolute atomic E-state index is 0.318. The molecule has 0 radical (unpaired) electrons. The van der Waals surface area contributed by atoms with Gasteiger partial charge in [-0.1, -0.05) is 19.9 Å². The first-order chi connectivity index (χ1) is 9.49. The molecule has 0 saturated carbocycles. The van der Waals surface area contributed by atoms with Crippen molar-refractivity contribution in [1.29, 1.82) is 0 Å². The summed E-state index contributed by atoms with van der Waals surface area (Å²) in [5.74, 6) is -0.897. The second-order valence-electron chi connectivity index (χ2n) is 4.93. The SMILES string of the molecule is CCc1nn(C)c(CC)c1-c1cc(C(=O)O)ccc1C. The summed E-state index contributed by atoms with van der Waals surface area (Å²) in [4.78, 5) is 11.2. The third-order valence-electron chi connectivity index (χ3n) is 3.66. The summed E-state index contributed by atoms with van der Waals surface area (Å²) in [7, 11) is 1.94. The first kappa shape index (κ1) is 14.3. The van der Waals surface area contributed by atoms with E-state index >= 15 is 0 Å². The van der Waals surface area contributed by atoms with Crippen molar-refractivity contribution < 1.29 is 9.90 Å². The number of nitrogens with zero attached hydrogens (tertiary/aromatic N) is 2. The fraction of sp³-hybridized carbons (Fsp3) is 0.375. The zero-order chi connectivity index (χ0) is 14.9. The lowest BCUT2D eigenvalue weighted by Gasteiger charge is -2.10. The number of rotatable bonds is 4. The van der Waals surface area contributed by atoms with Gasteiger partial charge in [0.05, 0.1) is 11.3 Å². The zero-order valence-corrected chi connectivity index (χ0v) is 12.4. The van der Waals surface area contributed by atoms with Crippen LogP contribution in [0.2, 0.25) is 0 Å². The Kier molecular flexibility index (Phi) is 3.93. The fourth-order valence-electron chi connectivity index (χ4n) is 2.61. The van der Waals surface area contributed by atoms with E-state index < -0.39 is 5.97 Å². The van der Waals surface area contributed by atoms with Crippen LogP contribution in [0.3, 0.4) is 0 Å². The summed E-state index contributed by atoms with van der Waals surface area (Å²) in [5, 5.41) is 13.7. The average molecular weight is 272 g/mol. The van der Waals surface area contributed by atoms with Crippen LogP contribution < -0.4 is 0 Å². The van der Waals surface area contributed by atoms with Crippen LogP contribution in [0, 0.1) is 6.92 Å². The Morgan fingerprint density at radius 1 is 1.30 bits per heavy atom. The van der Waals surface area contributed by atoms with Gasteiger partial charge in [0, 0.05) is 18.3 Å². The summed E-state index contributed by atoms with van der Waals surface area (Å²) in [5.41, 5.74) is 5.64. The van der Waals surface area contributed by atoms with Gasteiger partial charge in [0.25, 0.3) is 0 Å². The van der Waals surface area contributed by atoms with Crippen LogP contribution in [0.4, 0.5) is 0 Å². The third kappa shape index (κ3) is 2.33. The predicted molar refractivity (Wildman–Crippen MR) is 79.1 cm³/mol. The van der Waals surface area contributed by atoms with Crippen molar-refractivity contribution >= 4 is 5.97 Å². The van der Waals surface area contributed by atoms with E-state index in [1.807, 2.05) is 24.7 Å². The van der Waals surface area contributed by atoms with Crippen LogP contribution in [-0.2, 0) is 19.9 Å². The highest BCUT2D eigenvalue weighted by molar-refractivity contribution is 5.90. The Morgan fingerprint density at radius 3 is 2.55 bits per heavy atom. The summed E-state index contributed by atoms with van der Waals surface area (Å²) in [6.45, 7) is 6.17. The maximum Gasteiger partial charge on any atom is 0.335 e. The Hall–Kier alpha value is -2.10. The Balaban J connectivity index is 2.73. The summed E-state index contributed by atoms with van der Waals surface area (Å²) in [6, 6.07) is 5.27. The smallest absolute Gasteiger partial charge is 0.335 e. The molecule has 0 amide bonds. The number of aromatic carboxylic acids is 1. The zero-order valence-electron chi connectivity index (χ0n) is 12.4. The van der Waals surface area contributed by atoms with Crippen LogP contribution in [0.1, 0.15) is 41.2 Å². The summed E-state index contributed by atoms with van der Waals surface area (Å²) >= 11 is 0. The first-order valence-corrected chi connectivity index (χ1v) is 6.88. The quantitative estimate of drug-likeness (QED) is 0.929. The second-order valence-corrected chi connectivity index (χ2v) is 4.93. The van der Waals surface area contributed by atoms with Gasteiger partial charge in [-0.25, -0.2) is 4.79 Å². The molecule has 0 atom stereocenters. The number of carbonyl (C=O) groups is 1. The van der Waals surface area contributed by atoms with Crippen molar-refractivity contribution in [2.24, 2.45) is 7.05 Å². The molecule has 0 aliphatic carbocycles.